The minimum absolute atomic E-state index is 0.116. The van der Waals surface area contributed by atoms with E-state index in [0.717, 1.165) is 0 Å². The van der Waals surface area contributed by atoms with E-state index in [-0.39, 0.29) is 16.5 Å². The van der Waals surface area contributed by atoms with E-state index in [1.165, 1.54) is 12.1 Å². The molecule has 0 radical (unpaired) electrons. The summed E-state index contributed by atoms with van der Waals surface area (Å²) < 4.78 is 83.5. The van der Waals surface area contributed by atoms with Gasteiger partial charge in [-0.15, -0.1) is 0 Å². The molecular weight excluding hydrogens is 430 g/mol. The Kier molecular flexibility index (Phi) is 5.16. The van der Waals surface area contributed by atoms with Gasteiger partial charge >= 0.3 is 12.4 Å². The second kappa shape index (κ2) is 7.33. The molecule has 0 spiro atoms. The second-order valence-corrected chi connectivity index (χ2v) is 7.40. The summed E-state index contributed by atoms with van der Waals surface area (Å²) in [6, 6.07) is 12.8. The fourth-order valence-corrected chi connectivity index (χ4v) is 4.06. The van der Waals surface area contributed by atoms with E-state index in [1.54, 1.807) is 36.4 Å². The number of hydrogen-bond donors (Lipinski definition) is 3. The highest BCUT2D eigenvalue weighted by Gasteiger charge is 2.60. The zero-order valence-electron chi connectivity index (χ0n) is 15.5. The summed E-state index contributed by atoms with van der Waals surface area (Å²) in [6.07, 6.45) is -24.0. The molecule has 166 valence electrons. The predicted molar refractivity (Wildman–Crippen MR) is 98.2 cm³/mol. The molecule has 4 nitrogen and oxygen atoms in total. The van der Waals surface area contributed by atoms with E-state index >= 15 is 0 Å². The third-order valence-electron chi connectivity index (χ3n) is 5.45. The molecule has 0 fully saturated rings. The monoisotopic (exact) mass is 446 g/mol. The van der Waals surface area contributed by atoms with Crippen molar-refractivity contribution in [2.24, 2.45) is 0 Å². The van der Waals surface area contributed by atoms with E-state index in [0.29, 0.717) is 16.2 Å². The fourth-order valence-electron chi connectivity index (χ4n) is 4.06. The maximum absolute atomic E-state index is 13.2. The van der Waals surface area contributed by atoms with Gasteiger partial charge in [-0.05, 0) is 32.7 Å². The van der Waals surface area contributed by atoms with Crippen LogP contribution in [-0.4, -0.2) is 46.0 Å². The van der Waals surface area contributed by atoms with Crippen LogP contribution < -0.4 is 0 Å². The number of aliphatic hydroxyl groups excluding tert-OH is 3. The van der Waals surface area contributed by atoms with Gasteiger partial charge in [0.2, 0.25) is 6.10 Å². The Morgan fingerprint density at radius 1 is 0.742 bits per heavy atom. The minimum atomic E-state index is -5.81. The largest absolute Gasteiger partial charge is 0.423 e. The van der Waals surface area contributed by atoms with Gasteiger partial charge in [0.1, 0.15) is 24.4 Å². The van der Waals surface area contributed by atoms with E-state index in [9.17, 15) is 41.7 Å². The van der Waals surface area contributed by atoms with Crippen molar-refractivity contribution in [3.05, 3.63) is 59.7 Å². The third kappa shape index (κ3) is 3.63. The first kappa shape index (κ1) is 21.8. The summed E-state index contributed by atoms with van der Waals surface area (Å²) in [5.74, 6) is 0. The molecule has 3 aromatic carbocycles. The van der Waals surface area contributed by atoms with Crippen molar-refractivity contribution in [3.8, 4) is 0 Å². The standard InChI is InChI=1S/C21H16F6O4/c22-20(23,24)19(21(25,26)27)31-18-14-12(15(28)16(29)17(18)30)8-7-10-6-5-9-3-1-2-4-11(9)13(10)14/h1-8,15-19,28-30H/t15-,16+,17+,18+/m1/s1. The van der Waals surface area contributed by atoms with Crippen LogP contribution in [-0.2, 0) is 4.74 Å². The van der Waals surface area contributed by atoms with Crippen molar-refractivity contribution in [2.45, 2.75) is 42.9 Å². The summed E-state index contributed by atoms with van der Waals surface area (Å²) >= 11 is 0. The molecule has 4 rings (SSSR count). The van der Waals surface area contributed by atoms with Crippen LogP contribution in [0.5, 0.6) is 0 Å². The van der Waals surface area contributed by atoms with Gasteiger partial charge in [0.25, 0.3) is 0 Å². The average molecular weight is 446 g/mol. The summed E-state index contributed by atoms with van der Waals surface area (Å²) in [7, 11) is 0. The van der Waals surface area contributed by atoms with Gasteiger partial charge in [0.05, 0.1) is 0 Å². The number of ether oxygens (including phenoxy) is 1. The molecule has 1 aliphatic carbocycles. The highest BCUT2D eigenvalue weighted by Crippen LogP contribution is 2.47. The van der Waals surface area contributed by atoms with Crippen molar-refractivity contribution in [1.82, 2.24) is 0 Å². The molecule has 0 aromatic heterocycles. The van der Waals surface area contributed by atoms with E-state index < -0.39 is 42.9 Å². The molecule has 3 N–H and O–H groups in total. The molecule has 0 bridgehead atoms. The molecule has 0 unspecified atom stereocenters. The predicted octanol–water partition coefficient (Wildman–Crippen LogP) is 4.31. The molecule has 0 saturated carbocycles. The van der Waals surface area contributed by atoms with Crippen LogP contribution in [0.1, 0.15) is 23.3 Å². The Balaban J connectivity index is 2.01. The maximum atomic E-state index is 13.2. The number of benzene rings is 3. The van der Waals surface area contributed by atoms with Crippen LogP contribution in [0.15, 0.2) is 48.5 Å². The Morgan fingerprint density at radius 2 is 1.32 bits per heavy atom. The smallest absolute Gasteiger partial charge is 0.387 e. The van der Waals surface area contributed by atoms with Gasteiger partial charge in [-0.3, -0.25) is 0 Å². The van der Waals surface area contributed by atoms with Gasteiger partial charge in [-0.2, -0.15) is 26.3 Å². The fraction of sp³-hybridized carbons (Fsp3) is 0.333. The number of halogens is 6. The molecular formula is C21H16F6O4. The van der Waals surface area contributed by atoms with Crippen LogP contribution in [0, 0.1) is 0 Å². The van der Waals surface area contributed by atoms with Crippen LogP contribution in [0.3, 0.4) is 0 Å². The Morgan fingerprint density at radius 3 is 1.97 bits per heavy atom. The van der Waals surface area contributed by atoms with Crippen molar-refractivity contribution in [2.75, 3.05) is 0 Å². The minimum Gasteiger partial charge on any atom is -0.387 e. The summed E-state index contributed by atoms with van der Waals surface area (Å²) in [5, 5.41) is 32.7. The average Bonchev–Trinajstić information content (AvgIpc) is 2.69. The lowest BCUT2D eigenvalue weighted by molar-refractivity contribution is -0.340. The number of fused-ring (bicyclic) bond motifs is 5. The van der Waals surface area contributed by atoms with Gasteiger partial charge in [-0.1, -0.05) is 48.5 Å². The summed E-state index contributed by atoms with van der Waals surface area (Å²) in [6.45, 7) is 0. The van der Waals surface area contributed by atoms with E-state index in [2.05, 4.69) is 4.74 Å². The molecule has 10 heteroatoms. The highest BCUT2D eigenvalue weighted by atomic mass is 19.4. The lowest BCUT2D eigenvalue weighted by atomic mass is 9.79. The molecule has 31 heavy (non-hydrogen) atoms. The molecule has 0 aliphatic heterocycles. The van der Waals surface area contributed by atoms with Crippen molar-refractivity contribution < 1.29 is 46.4 Å². The summed E-state index contributed by atoms with van der Waals surface area (Å²) in [5.41, 5.74) is -0.340. The maximum Gasteiger partial charge on any atom is 0.423 e. The van der Waals surface area contributed by atoms with Crippen LogP contribution >= 0.6 is 0 Å². The normalized spacial score (nSPS) is 24.7. The zero-order chi connectivity index (χ0) is 22.7. The Hall–Kier alpha value is -2.40. The lowest BCUT2D eigenvalue weighted by Crippen LogP contribution is -2.50. The van der Waals surface area contributed by atoms with Gasteiger partial charge in [-0.25, -0.2) is 0 Å². The molecule has 1 aliphatic rings. The molecule has 0 heterocycles. The molecule has 0 amide bonds. The zero-order valence-corrected chi connectivity index (χ0v) is 15.5. The molecule has 4 atom stereocenters. The third-order valence-corrected chi connectivity index (χ3v) is 5.45. The Labute approximate surface area is 171 Å². The van der Waals surface area contributed by atoms with Gasteiger partial charge < -0.3 is 20.1 Å². The Bertz CT molecular complexity index is 1110. The number of aliphatic hydroxyl groups is 3. The molecule has 0 saturated heterocycles. The number of alkyl halides is 6. The van der Waals surface area contributed by atoms with Crippen LogP contribution in [0.4, 0.5) is 26.3 Å². The molecule has 3 aromatic rings. The highest BCUT2D eigenvalue weighted by molar-refractivity contribution is 6.09. The quantitative estimate of drug-likeness (QED) is 0.405. The van der Waals surface area contributed by atoms with Crippen molar-refractivity contribution in [1.29, 1.82) is 0 Å². The first-order valence-corrected chi connectivity index (χ1v) is 9.18. The van der Waals surface area contributed by atoms with Gasteiger partial charge in [0.15, 0.2) is 0 Å². The van der Waals surface area contributed by atoms with Crippen molar-refractivity contribution >= 4 is 21.5 Å². The van der Waals surface area contributed by atoms with Gasteiger partial charge in [0, 0.05) is 0 Å². The van der Waals surface area contributed by atoms with Crippen LogP contribution in [0.2, 0.25) is 0 Å². The van der Waals surface area contributed by atoms with Crippen LogP contribution in [0.25, 0.3) is 21.5 Å². The number of rotatable bonds is 2. The van der Waals surface area contributed by atoms with E-state index in [4.69, 9.17) is 0 Å². The number of hydrogen-bond acceptors (Lipinski definition) is 4. The SMILES string of the molecule is O[C@@H]1[C@H](O)[C@@H](OC(C(F)(F)F)C(F)(F)F)c2c(ccc3ccc4ccccc4c23)[C@H]1O. The second-order valence-electron chi connectivity index (χ2n) is 7.40. The first-order valence-electron chi connectivity index (χ1n) is 9.18. The first-order chi connectivity index (χ1) is 14.4. The van der Waals surface area contributed by atoms with Crippen molar-refractivity contribution in [3.63, 3.8) is 0 Å². The summed E-state index contributed by atoms with van der Waals surface area (Å²) in [4.78, 5) is 0. The lowest BCUT2D eigenvalue weighted by Gasteiger charge is -2.40. The van der Waals surface area contributed by atoms with E-state index in [1.807, 2.05) is 0 Å². The topological polar surface area (TPSA) is 69.9 Å².